The molecule has 0 radical (unpaired) electrons. The molecule has 5 atom stereocenters. The third-order valence-electron chi connectivity index (χ3n) is 6.14. The largest absolute Gasteiger partial charge is 0.461 e. The second kappa shape index (κ2) is 5.34. The third-order valence-corrected chi connectivity index (χ3v) is 6.14. The van der Waals surface area contributed by atoms with E-state index < -0.39 is 0 Å². The quantitative estimate of drug-likeness (QED) is 0.456. The van der Waals surface area contributed by atoms with Gasteiger partial charge in [0.25, 0.3) is 0 Å². The van der Waals surface area contributed by atoms with Crippen LogP contribution in [0.4, 0.5) is 0 Å². The number of cyclic esters (lactones) is 1. The summed E-state index contributed by atoms with van der Waals surface area (Å²) in [6.45, 7) is 9.28. The van der Waals surface area contributed by atoms with E-state index in [1.165, 1.54) is 5.57 Å². The highest BCUT2D eigenvalue weighted by Gasteiger charge is 2.59. The van der Waals surface area contributed by atoms with Crippen LogP contribution in [0.5, 0.6) is 0 Å². The average molecular weight is 308 g/mol. The van der Waals surface area contributed by atoms with Crippen LogP contribution in [0, 0.1) is 22.7 Å². The van der Waals surface area contributed by atoms with Gasteiger partial charge in [-0.05, 0) is 48.5 Å². The van der Waals surface area contributed by atoms with Gasteiger partial charge in [-0.2, -0.15) is 0 Å². The molecule has 0 aromatic rings. The molecule has 0 bridgehead atoms. The number of carbonyl (C=O) groups excluding carboxylic acids is 1. The fourth-order valence-electron chi connectivity index (χ4n) is 5.27. The summed E-state index contributed by atoms with van der Waals surface area (Å²) in [5, 5.41) is 0. The SMILES string of the molecule is COC(C)OC1CC(C)(C)C2CC=C3COC(=O)C3C2(C)C1. The molecule has 0 aromatic heterocycles. The third kappa shape index (κ3) is 2.41. The number of ether oxygens (including phenoxy) is 3. The molecule has 2 aliphatic carbocycles. The molecule has 4 heteroatoms. The maximum absolute atomic E-state index is 12.3. The van der Waals surface area contributed by atoms with E-state index in [1.54, 1.807) is 7.11 Å². The number of allylic oxidation sites excluding steroid dienone is 1. The van der Waals surface area contributed by atoms with Crippen molar-refractivity contribution in [2.75, 3.05) is 13.7 Å². The summed E-state index contributed by atoms with van der Waals surface area (Å²) in [6, 6.07) is 0. The molecule has 1 saturated heterocycles. The Kier molecular flexibility index (Phi) is 3.89. The van der Waals surface area contributed by atoms with E-state index in [-0.39, 0.29) is 35.1 Å². The first-order chi connectivity index (χ1) is 10.3. The summed E-state index contributed by atoms with van der Waals surface area (Å²) in [5.74, 6) is 0.349. The first kappa shape index (κ1) is 16.0. The Morgan fingerprint density at radius 3 is 2.73 bits per heavy atom. The van der Waals surface area contributed by atoms with Crippen LogP contribution in [0.3, 0.4) is 0 Å². The topological polar surface area (TPSA) is 44.8 Å². The number of rotatable bonds is 3. The minimum absolute atomic E-state index is 0.0466. The van der Waals surface area contributed by atoms with E-state index in [0.717, 1.165) is 19.3 Å². The van der Waals surface area contributed by atoms with Crippen LogP contribution < -0.4 is 0 Å². The van der Waals surface area contributed by atoms with Crippen LogP contribution >= 0.6 is 0 Å². The molecule has 1 aliphatic heterocycles. The summed E-state index contributed by atoms with van der Waals surface area (Å²) >= 11 is 0. The number of hydrogen-bond acceptors (Lipinski definition) is 4. The highest BCUT2D eigenvalue weighted by Crippen LogP contribution is 2.61. The van der Waals surface area contributed by atoms with Gasteiger partial charge in [-0.25, -0.2) is 0 Å². The first-order valence-corrected chi connectivity index (χ1v) is 8.32. The van der Waals surface area contributed by atoms with Crippen molar-refractivity contribution in [2.45, 2.75) is 59.4 Å². The normalized spacial score (nSPS) is 41.2. The smallest absolute Gasteiger partial charge is 0.314 e. The lowest BCUT2D eigenvalue weighted by molar-refractivity contribution is -0.193. The van der Waals surface area contributed by atoms with Gasteiger partial charge < -0.3 is 14.2 Å². The van der Waals surface area contributed by atoms with Crippen LogP contribution in [0.2, 0.25) is 0 Å². The van der Waals surface area contributed by atoms with E-state index in [1.807, 2.05) is 6.92 Å². The highest BCUT2D eigenvalue weighted by molar-refractivity contribution is 5.80. The molecule has 0 N–H and O–H groups in total. The lowest BCUT2D eigenvalue weighted by Crippen LogP contribution is -2.54. The zero-order valence-electron chi connectivity index (χ0n) is 14.3. The highest BCUT2D eigenvalue weighted by atomic mass is 16.7. The molecular weight excluding hydrogens is 280 g/mol. The first-order valence-electron chi connectivity index (χ1n) is 8.32. The Morgan fingerprint density at radius 2 is 2.05 bits per heavy atom. The van der Waals surface area contributed by atoms with Crippen LogP contribution in [-0.4, -0.2) is 32.1 Å². The summed E-state index contributed by atoms with van der Waals surface area (Å²) in [4.78, 5) is 12.3. The zero-order chi connectivity index (χ0) is 16.1. The van der Waals surface area contributed by atoms with Gasteiger partial charge in [0.1, 0.15) is 6.61 Å². The Morgan fingerprint density at radius 1 is 1.32 bits per heavy atom. The van der Waals surface area contributed by atoms with Crippen molar-refractivity contribution in [2.24, 2.45) is 22.7 Å². The predicted molar refractivity (Wildman–Crippen MR) is 83.1 cm³/mol. The molecule has 0 aromatic carbocycles. The van der Waals surface area contributed by atoms with Gasteiger partial charge in [-0.3, -0.25) is 4.79 Å². The number of carbonyl (C=O) groups is 1. The Hall–Kier alpha value is -0.870. The second-order valence-electron chi connectivity index (χ2n) is 8.07. The zero-order valence-corrected chi connectivity index (χ0v) is 14.3. The molecule has 2 fully saturated rings. The molecule has 1 saturated carbocycles. The van der Waals surface area contributed by atoms with E-state index >= 15 is 0 Å². The van der Waals surface area contributed by atoms with Crippen molar-refractivity contribution in [3.8, 4) is 0 Å². The fraction of sp³-hybridized carbons (Fsp3) is 0.833. The van der Waals surface area contributed by atoms with E-state index in [4.69, 9.17) is 14.2 Å². The monoisotopic (exact) mass is 308 g/mol. The van der Waals surface area contributed by atoms with E-state index in [9.17, 15) is 4.79 Å². The van der Waals surface area contributed by atoms with E-state index in [0.29, 0.717) is 12.5 Å². The molecule has 0 spiro atoms. The lowest BCUT2D eigenvalue weighted by atomic mass is 9.48. The standard InChI is InChI=1S/C18H28O4/c1-11(20-5)22-13-8-17(2,3)14-7-6-12-10-21-16(19)15(12)18(14,4)9-13/h6,11,13-15H,7-10H2,1-5H3. The predicted octanol–water partition coefficient (Wildman–Crippen LogP) is 3.31. The van der Waals surface area contributed by atoms with Crippen molar-refractivity contribution in [3.63, 3.8) is 0 Å². The second-order valence-corrected chi connectivity index (χ2v) is 8.07. The van der Waals surface area contributed by atoms with Crippen LogP contribution in [0.1, 0.15) is 47.0 Å². The molecule has 3 aliphatic rings. The molecule has 22 heavy (non-hydrogen) atoms. The van der Waals surface area contributed by atoms with Crippen LogP contribution in [0.25, 0.3) is 0 Å². The summed E-state index contributed by atoms with van der Waals surface area (Å²) in [5.41, 5.74) is 1.23. The minimum Gasteiger partial charge on any atom is -0.461 e. The van der Waals surface area contributed by atoms with Gasteiger partial charge in [0, 0.05) is 7.11 Å². The fourth-order valence-corrected chi connectivity index (χ4v) is 5.27. The van der Waals surface area contributed by atoms with Gasteiger partial charge >= 0.3 is 5.97 Å². The van der Waals surface area contributed by atoms with Crippen molar-refractivity contribution in [1.82, 2.24) is 0 Å². The van der Waals surface area contributed by atoms with Crippen LogP contribution in [-0.2, 0) is 19.0 Å². The number of esters is 1. The Balaban J connectivity index is 1.92. The van der Waals surface area contributed by atoms with Crippen molar-refractivity contribution >= 4 is 5.97 Å². The molecule has 124 valence electrons. The van der Waals surface area contributed by atoms with Gasteiger partial charge in [0.15, 0.2) is 6.29 Å². The summed E-state index contributed by atoms with van der Waals surface area (Å²) in [7, 11) is 1.67. The van der Waals surface area contributed by atoms with Gasteiger partial charge in [-0.15, -0.1) is 0 Å². The Bertz CT molecular complexity index is 495. The Labute approximate surface area is 133 Å². The molecule has 3 rings (SSSR count). The average Bonchev–Trinajstić information content (AvgIpc) is 2.79. The number of fused-ring (bicyclic) bond motifs is 3. The van der Waals surface area contributed by atoms with Crippen LogP contribution in [0.15, 0.2) is 11.6 Å². The maximum Gasteiger partial charge on any atom is 0.314 e. The number of methoxy groups -OCH3 is 1. The van der Waals surface area contributed by atoms with Gasteiger partial charge in [0.05, 0.1) is 12.0 Å². The summed E-state index contributed by atoms with van der Waals surface area (Å²) < 4.78 is 16.7. The van der Waals surface area contributed by atoms with Crippen molar-refractivity contribution in [3.05, 3.63) is 11.6 Å². The van der Waals surface area contributed by atoms with E-state index in [2.05, 4.69) is 26.8 Å². The van der Waals surface area contributed by atoms with Gasteiger partial charge in [0.2, 0.25) is 0 Å². The molecule has 0 amide bonds. The maximum atomic E-state index is 12.3. The summed E-state index contributed by atoms with van der Waals surface area (Å²) in [6.07, 6.45) is 5.10. The molecule has 4 nitrogen and oxygen atoms in total. The number of hydrogen-bond donors (Lipinski definition) is 0. The molecular formula is C18H28O4. The minimum atomic E-state index is -0.213. The van der Waals surface area contributed by atoms with Gasteiger partial charge in [-0.1, -0.05) is 26.8 Å². The molecule has 1 heterocycles. The van der Waals surface area contributed by atoms with Crippen molar-refractivity contribution < 1.29 is 19.0 Å². The molecule has 5 unspecified atom stereocenters. The lowest BCUT2D eigenvalue weighted by Gasteiger charge is -2.56. The van der Waals surface area contributed by atoms with Crippen molar-refractivity contribution in [1.29, 1.82) is 0 Å².